The maximum absolute atomic E-state index is 12.6. The summed E-state index contributed by atoms with van der Waals surface area (Å²) >= 11 is 0. The molecular weight excluding hydrogens is 390 g/mol. The second-order valence-corrected chi connectivity index (χ2v) is 8.34. The van der Waals surface area contributed by atoms with Crippen LogP contribution < -0.4 is 9.62 Å². The summed E-state index contributed by atoms with van der Waals surface area (Å²) in [6.07, 6.45) is 1.31. The molecule has 0 spiro atoms. The molecule has 0 aliphatic heterocycles. The lowest BCUT2D eigenvalue weighted by Gasteiger charge is -2.20. The van der Waals surface area contributed by atoms with Gasteiger partial charge < -0.3 is 10.0 Å². The molecule has 0 fully saturated rings. The van der Waals surface area contributed by atoms with Crippen LogP contribution in [0.15, 0.2) is 71.8 Å². The average molecular weight is 411 g/mol. The smallest absolute Gasteiger partial charge is 0.339 e. The number of benzene rings is 2. The Morgan fingerprint density at radius 3 is 2.38 bits per heavy atom. The summed E-state index contributed by atoms with van der Waals surface area (Å²) in [7, 11) is -2.12. The largest absolute Gasteiger partial charge is 0.478 e. The fraction of sp³-hybridized carbons (Fsp3) is 0.143. The van der Waals surface area contributed by atoms with Gasteiger partial charge in [0.1, 0.15) is 11.4 Å². The molecule has 2 N–H and O–H groups in total. The number of anilines is 2. The molecule has 0 bridgehead atoms. The summed E-state index contributed by atoms with van der Waals surface area (Å²) in [5.41, 5.74) is 1.93. The number of hydrogen-bond acceptors (Lipinski definition) is 5. The van der Waals surface area contributed by atoms with Crippen LogP contribution in [0.5, 0.6) is 0 Å². The number of hydrogen-bond donors (Lipinski definition) is 2. The van der Waals surface area contributed by atoms with Crippen LogP contribution in [0.4, 0.5) is 11.5 Å². The highest BCUT2D eigenvalue weighted by Crippen LogP contribution is 2.24. The van der Waals surface area contributed by atoms with Crippen molar-refractivity contribution in [2.24, 2.45) is 0 Å². The molecule has 0 unspecified atom stereocenters. The number of aromatic carboxylic acids is 1. The molecule has 29 heavy (non-hydrogen) atoms. The van der Waals surface area contributed by atoms with Crippen molar-refractivity contribution in [1.82, 2.24) is 4.98 Å². The van der Waals surface area contributed by atoms with Crippen molar-refractivity contribution in [3.8, 4) is 0 Å². The number of aromatic nitrogens is 1. The summed E-state index contributed by atoms with van der Waals surface area (Å²) < 4.78 is 27.5. The number of carboxylic acids is 1. The van der Waals surface area contributed by atoms with E-state index < -0.39 is 16.0 Å². The van der Waals surface area contributed by atoms with E-state index in [9.17, 15) is 18.3 Å². The average Bonchev–Trinajstić information content (AvgIpc) is 2.68. The van der Waals surface area contributed by atoms with Gasteiger partial charge in [-0.15, -0.1) is 0 Å². The van der Waals surface area contributed by atoms with Crippen LogP contribution >= 0.6 is 0 Å². The third-order valence-electron chi connectivity index (χ3n) is 4.30. The summed E-state index contributed by atoms with van der Waals surface area (Å²) in [6.45, 7) is 2.32. The van der Waals surface area contributed by atoms with Crippen LogP contribution in [0, 0.1) is 6.92 Å². The first-order valence-electron chi connectivity index (χ1n) is 8.84. The normalized spacial score (nSPS) is 11.1. The van der Waals surface area contributed by atoms with Crippen LogP contribution in [-0.4, -0.2) is 31.5 Å². The molecule has 150 valence electrons. The number of nitrogens with one attached hydrogen (secondary N) is 1. The molecule has 3 aromatic rings. The third-order valence-corrected chi connectivity index (χ3v) is 5.70. The van der Waals surface area contributed by atoms with E-state index in [-0.39, 0.29) is 22.0 Å². The van der Waals surface area contributed by atoms with Gasteiger partial charge in [-0.25, -0.2) is 18.2 Å². The number of pyridine rings is 1. The van der Waals surface area contributed by atoms with E-state index in [1.165, 1.54) is 24.4 Å². The Hall–Kier alpha value is -3.39. The van der Waals surface area contributed by atoms with Gasteiger partial charge in [0.05, 0.1) is 16.8 Å². The van der Waals surface area contributed by atoms with Gasteiger partial charge in [-0.05, 0) is 30.7 Å². The zero-order valence-corrected chi connectivity index (χ0v) is 16.8. The first kappa shape index (κ1) is 20.3. The van der Waals surface area contributed by atoms with Gasteiger partial charge in [0.15, 0.2) is 0 Å². The monoisotopic (exact) mass is 411 g/mol. The predicted octanol–water partition coefficient (Wildman–Crippen LogP) is 3.53. The van der Waals surface area contributed by atoms with Gasteiger partial charge in [0.2, 0.25) is 0 Å². The molecule has 1 aromatic heterocycles. The van der Waals surface area contributed by atoms with Crippen molar-refractivity contribution >= 4 is 27.5 Å². The second-order valence-electron chi connectivity index (χ2n) is 6.66. The van der Waals surface area contributed by atoms with Gasteiger partial charge in [-0.2, -0.15) is 0 Å². The van der Waals surface area contributed by atoms with E-state index in [0.29, 0.717) is 6.54 Å². The number of rotatable bonds is 7. The minimum absolute atomic E-state index is 0.0832. The van der Waals surface area contributed by atoms with Crippen molar-refractivity contribution in [2.75, 3.05) is 16.7 Å². The van der Waals surface area contributed by atoms with E-state index in [4.69, 9.17) is 0 Å². The zero-order valence-electron chi connectivity index (χ0n) is 16.0. The Balaban J connectivity index is 1.87. The number of carboxylic acid groups (broad SMARTS) is 1. The Kier molecular flexibility index (Phi) is 5.84. The summed E-state index contributed by atoms with van der Waals surface area (Å²) in [4.78, 5) is 17.8. The van der Waals surface area contributed by atoms with Crippen molar-refractivity contribution in [1.29, 1.82) is 0 Å². The Labute approximate surface area is 169 Å². The summed E-state index contributed by atoms with van der Waals surface area (Å²) in [6, 6.07) is 17.2. The molecule has 0 aliphatic carbocycles. The first-order chi connectivity index (χ1) is 13.8. The maximum atomic E-state index is 12.6. The first-order valence-corrected chi connectivity index (χ1v) is 10.3. The van der Waals surface area contributed by atoms with E-state index in [2.05, 4.69) is 9.71 Å². The number of carbonyl (C=O) groups is 1. The van der Waals surface area contributed by atoms with Crippen molar-refractivity contribution in [3.63, 3.8) is 0 Å². The Morgan fingerprint density at radius 2 is 1.76 bits per heavy atom. The van der Waals surface area contributed by atoms with E-state index >= 15 is 0 Å². The highest BCUT2D eigenvalue weighted by molar-refractivity contribution is 7.92. The molecule has 8 heteroatoms. The molecule has 0 amide bonds. The maximum Gasteiger partial charge on any atom is 0.339 e. The summed E-state index contributed by atoms with van der Waals surface area (Å²) in [5, 5.41) is 9.61. The third kappa shape index (κ3) is 4.91. The van der Waals surface area contributed by atoms with E-state index in [0.717, 1.165) is 11.1 Å². The molecule has 0 saturated carbocycles. The lowest BCUT2D eigenvalue weighted by atomic mass is 10.2. The lowest BCUT2D eigenvalue weighted by Crippen LogP contribution is -2.21. The van der Waals surface area contributed by atoms with Gasteiger partial charge in [-0.3, -0.25) is 4.72 Å². The molecular formula is C21H21N3O4S. The van der Waals surface area contributed by atoms with Gasteiger partial charge >= 0.3 is 5.97 Å². The zero-order chi connectivity index (χ0) is 21.0. The molecule has 0 atom stereocenters. The molecule has 7 nitrogen and oxygen atoms in total. The van der Waals surface area contributed by atoms with Crippen LogP contribution in [0.3, 0.4) is 0 Å². The second kappa shape index (κ2) is 8.32. The quantitative estimate of drug-likeness (QED) is 0.617. The molecule has 3 rings (SSSR count). The summed E-state index contributed by atoms with van der Waals surface area (Å²) in [5.74, 6) is -0.941. The van der Waals surface area contributed by atoms with Gasteiger partial charge in [0, 0.05) is 13.6 Å². The van der Waals surface area contributed by atoms with Crippen LogP contribution in [0.25, 0.3) is 0 Å². The van der Waals surface area contributed by atoms with Crippen molar-refractivity contribution in [2.45, 2.75) is 18.4 Å². The highest BCUT2D eigenvalue weighted by Gasteiger charge is 2.19. The molecule has 0 aliphatic rings. The highest BCUT2D eigenvalue weighted by atomic mass is 32.2. The molecule has 0 saturated heterocycles. The Bertz CT molecular complexity index is 1110. The molecule has 1 heterocycles. The van der Waals surface area contributed by atoms with E-state index in [1.807, 2.05) is 37.3 Å². The molecule has 2 aromatic carbocycles. The fourth-order valence-corrected chi connectivity index (χ4v) is 3.87. The van der Waals surface area contributed by atoms with Crippen LogP contribution in [0.1, 0.15) is 21.5 Å². The van der Waals surface area contributed by atoms with Crippen LogP contribution in [-0.2, 0) is 16.6 Å². The fourth-order valence-electron chi connectivity index (χ4n) is 2.84. The van der Waals surface area contributed by atoms with Crippen molar-refractivity contribution in [3.05, 3.63) is 83.6 Å². The van der Waals surface area contributed by atoms with Crippen LogP contribution in [0.2, 0.25) is 0 Å². The minimum atomic E-state index is -3.85. The minimum Gasteiger partial charge on any atom is -0.478 e. The predicted molar refractivity (Wildman–Crippen MR) is 112 cm³/mol. The number of nitrogens with zero attached hydrogens (tertiary/aromatic N) is 2. The van der Waals surface area contributed by atoms with Gasteiger partial charge in [0.25, 0.3) is 10.0 Å². The molecule has 0 radical (unpaired) electrons. The number of sulfonamides is 1. The lowest BCUT2D eigenvalue weighted by molar-refractivity contribution is 0.0697. The van der Waals surface area contributed by atoms with E-state index in [1.54, 1.807) is 24.1 Å². The van der Waals surface area contributed by atoms with Crippen molar-refractivity contribution < 1.29 is 18.3 Å². The standard InChI is InChI=1S/C21H21N3O4S/c1-15-8-10-18(11-9-15)29(27,28)23-17-12-19(21(25)26)20(22-13-17)24(2)14-16-6-4-3-5-7-16/h3-13,23H,14H2,1-2H3,(H,25,26). The van der Waals surface area contributed by atoms with Gasteiger partial charge in [-0.1, -0.05) is 48.0 Å². The SMILES string of the molecule is Cc1ccc(S(=O)(=O)Nc2cnc(N(C)Cc3ccccc3)c(C(=O)O)c2)cc1. The Morgan fingerprint density at radius 1 is 1.10 bits per heavy atom. The number of aryl methyl sites for hydroxylation is 1. The topological polar surface area (TPSA) is 99.6 Å².